The van der Waals surface area contributed by atoms with Gasteiger partial charge in [-0.05, 0) is 87.0 Å². The van der Waals surface area contributed by atoms with E-state index in [-0.39, 0.29) is 4.90 Å². The van der Waals surface area contributed by atoms with E-state index < -0.39 is 32.0 Å². The third-order valence-electron chi connectivity index (χ3n) is 5.43. The van der Waals surface area contributed by atoms with E-state index in [1.807, 2.05) is 6.92 Å². The molecule has 9 nitrogen and oxygen atoms in total. The molecule has 0 aliphatic heterocycles. The number of benzene rings is 3. The van der Waals surface area contributed by atoms with Crippen molar-refractivity contribution < 1.29 is 26.4 Å². The molecule has 12 heteroatoms. The van der Waals surface area contributed by atoms with E-state index in [0.29, 0.717) is 40.0 Å². The molecule has 198 valence electrons. The minimum absolute atomic E-state index is 0.0231. The fraction of sp³-hybridized carbons (Fsp3) is 0.240. The Morgan fingerprint density at radius 2 is 1.62 bits per heavy atom. The maximum Gasteiger partial charge on any atom is 0.261 e. The molecule has 0 heterocycles. The zero-order valence-corrected chi connectivity index (χ0v) is 23.1. The maximum atomic E-state index is 13.0. The lowest BCUT2D eigenvalue weighted by Gasteiger charge is -2.28. The second-order valence-corrected chi connectivity index (χ2v) is 12.1. The van der Waals surface area contributed by atoms with Gasteiger partial charge in [0.25, 0.3) is 10.0 Å². The topological polar surface area (TPSA) is 122 Å². The number of nitrogens with zero attached hydrogens (tertiary/aromatic N) is 1. The van der Waals surface area contributed by atoms with Crippen LogP contribution in [0.15, 0.2) is 71.6 Å². The van der Waals surface area contributed by atoms with Gasteiger partial charge in [0.15, 0.2) is 0 Å². The largest absolute Gasteiger partial charge is 0.494 e. The van der Waals surface area contributed by atoms with Gasteiger partial charge in [-0.25, -0.2) is 16.8 Å². The quantitative estimate of drug-likeness (QED) is 0.369. The summed E-state index contributed by atoms with van der Waals surface area (Å²) >= 11 is 6.07. The van der Waals surface area contributed by atoms with Gasteiger partial charge in [-0.2, -0.15) is 0 Å². The number of sulfonamides is 2. The highest BCUT2D eigenvalue weighted by Crippen LogP contribution is 2.27. The van der Waals surface area contributed by atoms with Crippen LogP contribution in [0.3, 0.4) is 0 Å². The van der Waals surface area contributed by atoms with Crippen LogP contribution in [-0.4, -0.2) is 41.6 Å². The van der Waals surface area contributed by atoms with E-state index in [4.69, 9.17) is 16.3 Å². The standard InChI is InChI=1S/C25H28ClN3O6S2/c1-5-35-21-13-11-20(12-14-21)29(36(4,31)32)18(3)25(30)27-19-9-15-22(16-10-19)37(33,34)28-24-8-6-7-23(26)17(24)2/h6-16,18,28H,5H2,1-4H3,(H,27,30)/t18-/m0/s1. The molecule has 0 radical (unpaired) electrons. The lowest BCUT2D eigenvalue weighted by Crippen LogP contribution is -2.45. The summed E-state index contributed by atoms with van der Waals surface area (Å²) in [6.07, 6.45) is 1.02. The van der Waals surface area contributed by atoms with Crippen molar-refractivity contribution in [2.24, 2.45) is 0 Å². The van der Waals surface area contributed by atoms with Crippen molar-refractivity contribution in [3.05, 3.63) is 77.3 Å². The second-order valence-electron chi connectivity index (χ2n) is 8.19. The Bertz CT molecular complexity index is 1480. The van der Waals surface area contributed by atoms with Crippen molar-refractivity contribution in [3.63, 3.8) is 0 Å². The van der Waals surface area contributed by atoms with Crippen LogP contribution in [0.5, 0.6) is 5.75 Å². The van der Waals surface area contributed by atoms with Crippen molar-refractivity contribution in [1.29, 1.82) is 0 Å². The Hall–Kier alpha value is -3.28. The van der Waals surface area contributed by atoms with Crippen molar-refractivity contribution in [1.82, 2.24) is 0 Å². The number of ether oxygens (including phenoxy) is 1. The number of rotatable bonds is 10. The first-order chi connectivity index (χ1) is 17.3. The summed E-state index contributed by atoms with van der Waals surface area (Å²) in [6.45, 7) is 5.46. The Kier molecular flexibility index (Phi) is 8.72. The van der Waals surface area contributed by atoms with Gasteiger partial charge in [-0.15, -0.1) is 0 Å². The molecule has 3 rings (SSSR count). The number of hydrogen-bond donors (Lipinski definition) is 2. The minimum atomic E-state index is -3.91. The molecule has 3 aromatic rings. The summed E-state index contributed by atoms with van der Waals surface area (Å²) in [6, 6.07) is 15.7. The van der Waals surface area contributed by atoms with Crippen LogP contribution < -0.4 is 19.1 Å². The summed E-state index contributed by atoms with van der Waals surface area (Å²) in [4.78, 5) is 12.9. The highest BCUT2D eigenvalue weighted by Gasteiger charge is 2.29. The molecular formula is C25H28ClN3O6S2. The maximum absolute atomic E-state index is 13.0. The Morgan fingerprint density at radius 1 is 1.00 bits per heavy atom. The Labute approximate surface area is 222 Å². The number of anilines is 3. The minimum Gasteiger partial charge on any atom is -0.494 e. The number of nitrogens with one attached hydrogen (secondary N) is 2. The molecule has 0 saturated carbocycles. The molecule has 37 heavy (non-hydrogen) atoms. The van der Waals surface area contributed by atoms with Crippen LogP contribution in [0.2, 0.25) is 5.02 Å². The van der Waals surface area contributed by atoms with E-state index >= 15 is 0 Å². The van der Waals surface area contributed by atoms with E-state index in [1.54, 1.807) is 49.4 Å². The van der Waals surface area contributed by atoms with Crippen molar-refractivity contribution in [2.75, 3.05) is 27.2 Å². The van der Waals surface area contributed by atoms with Gasteiger partial charge in [0.05, 0.1) is 29.1 Å². The number of carbonyl (C=O) groups excluding carboxylic acids is 1. The number of hydrogen-bond acceptors (Lipinski definition) is 6. The molecule has 0 unspecified atom stereocenters. The summed E-state index contributed by atoms with van der Waals surface area (Å²) in [5, 5.41) is 3.07. The summed E-state index contributed by atoms with van der Waals surface area (Å²) in [5.74, 6) is -0.0190. The molecule has 1 amide bonds. The number of amides is 1. The first-order valence-electron chi connectivity index (χ1n) is 11.2. The number of carbonyl (C=O) groups is 1. The average Bonchev–Trinajstić information content (AvgIpc) is 2.83. The fourth-order valence-electron chi connectivity index (χ4n) is 3.55. The average molecular weight is 566 g/mol. The summed E-state index contributed by atoms with van der Waals surface area (Å²) in [7, 11) is -7.72. The Morgan fingerprint density at radius 3 is 2.19 bits per heavy atom. The molecular weight excluding hydrogens is 538 g/mol. The van der Waals surface area contributed by atoms with E-state index in [0.717, 1.165) is 10.6 Å². The second kappa shape index (κ2) is 11.4. The van der Waals surface area contributed by atoms with Crippen LogP contribution in [0.4, 0.5) is 17.1 Å². The monoisotopic (exact) mass is 565 g/mol. The van der Waals surface area contributed by atoms with Crippen LogP contribution >= 0.6 is 11.6 Å². The highest BCUT2D eigenvalue weighted by molar-refractivity contribution is 7.92. The van der Waals surface area contributed by atoms with Gasteiger partial charge < -0.3 is 10.1 Å². The molecule has 3 aromatic carbocycles. The molecule has 0 fully saturated rings. The third-order valence-corrected chi connectivity index (χ3v) is 8.47. The normalized spacial score (nSPS) is 12.5. The molecule has 0 aliphatic rings. The molecule has 0 spiro atoms. The fourth-order valence-corrected chi connectivity index (χ4v) is 6.02. The van der Waals surface area contributed by atoms with Gasteiger partial charge in [-0.3, -0.25) is 13.8 Å². The van der Waals surface area contributed by atoms with Gasteiger partial charge in [-0.1, -0.05) is 17.7 Å². The molecule has 1 atom stereocenters. The van der Waals surface area contributed by atoms with Gasteiger partial charge in [0, 0.05) is 10.7 Å². The van der Waals surface area contributed by atoms with Crippen LogP contribution in [0.25, 0.3) is 0 Å². The zero-order valence-electron chi connectivity index (χ0n) is 20.7. The highest BCUT2D eigenvalue weighted by atomic mass is 35.5. The molecule has 0 bridgehead atoms. The molecule has 0 saturated heterocycles. The first-order valence-corrected chi connectivity index (χ1v) is 15.0. The van der Waals surface area contributed by atoms with Crippen LogP contribution in [0.1, 0.15) is 19.4 Å². The van der Waals surface area contributed by atoms with Gasteiger partial charge in [0.1, 0.15) is 11.8 Å². The van der Waals surface area contributed by atoms with Gasteiger partial charge >= 0.3 is 0 Å². The lowest BCUT2D eigenvalue weighted by atomic mass is 10.2. The lowest BCUT2D eigenvalue weighted by molar-refractivity contribution is -0.116. The number of halogens is 1. The summed E-state index contributed by atoms with van der Waals surface area (Å²) < 4.78 is 59.6. The van der Waals surface area contributed by atoms with E-state index in [1.165, 1.54) is 31.2 Å². The first kappa shape index (κ1) is 28.3. The summed E-state index contributed by atoms with van der Waals surface area (Å²) in [5.41, 5.74) is 1.55. The van der Waals surface area contributed by atoms with Crippen LogP contribution in [0, 0.1) is 6.92 Å². The Balaban J connectivity index is 1.76. The molecule has 2 N–H and O–H groups in total. The van der Waals surface area contributed by atoms with Crippen molar-refractivity contribution >= 4 is 54.6 Å². The van der Waals surface area contributed by atoms with Crippen LogP contribution in [-0.2, 0) is 24.8 Å². The van der Waals surface area contributed by atoms with Crippen molar-refractivity contribution in [3.8, 4) is 5.75 Å². The van der Waals surface area contributed by atoms with Gasteiger partial charge in [0.2, 0.25) is 15.9 Å². The molecule has 0 aliphatic carbocycles. The van der Waals surface area contributed by atoms with Crippen molar-refractivity contribution in [2.45, 2.75) is 31.7 Å². The van der Waals surface area contributed by atoms with E-state index in [2.05, 4.69) is 10.0 Å². The molecule has 0 aromatic heterocycles. The predicted molar refractivity (Wildman–Crippen MR) is 146 cm³/mol. The smallest absolute Gasteiger partial charge is 0.261 e. The van der Waals surface area contributed by atoms with E-state index in [9.17, 15) is 21.6 Å². The SMILES string of the molecule is CCOc1ccc(N([C@@H](C)C(=O)Nc2ccc(S(=O)(=O)Nc3cccc(Cl)c3C)cc2)S(C)(=O)=O)cc1. The zero-order chi connectivity index (χ0) is 27.4. The predicted octanol–water partition coefficient (Wildman–Crippen LogP) is 4.64. The third kappa shape index (κ3) is 6.94.